The Balaban J connectivity index is 1.49. The molecule has 0 amide bonds. The highest BCUT2D eigenvalue weighted by molar-refractivity contribution is 5.76. The molecule has 2 saturated carbocycles. The van der Waals surface area contributed by atoms with Crippen LogP contribution in [0.5, 0.6) is 0 Å². The second-order valence-electron chi connectivity index (χ2n) is 8.86. The first-order chi connectivity index (χ1) is 15.2. The Hall–Kier alpha value is -2.74. The summed E-state index contributed by atoms with van der Waals surface area (Å²) in [4.78, 5) is 14.1. The molecule has 2 heterocycles. The van der Waals surface area contributed by atoms with Crippen LogP contribution < -0.4 is 16.4 Å². The van der Waals surface area contributed by atoms with Gasteiger partial charge in [0.05, 0.1) is 11.9 Å². The van der Waals surface area contributed by atoms with E-state index in [9.17, 15) is 4.39 Å². The molecule has 3 aromatic rings. The van der Waals surface area contributed by atoms with E-state index in [1.807, 2.05) is 6.07 Å². The molecule has 0 radical (unpaired) electrons. The smallest absolute Gasteiger partial charge is 0.224 e. The minimum Gasteiger partial charge on any atom is -0.351 e. The maximum absolute atomic E-state index is 14.3. The Bertz CT molecular complexity index is 1040. The van der Waals surface area contributed by atoms with Gasteiger partial charge in [0, 0.05) is 18.1 Å². The summed E-state index contributed by atoms with van der Waals surface area (Å²) >= 11 is 0. The van der Waals surface area contributed by atoms with Crippen LogP contribution in [0.25, 0.3) is 11.2 Å². The number of imidazole rings is 1. The molecule has 0 atom stereocenters. The molecule has 2 aromatic heterocycles. The van der Waals surface area contributed by atoms with E-state index in [0.29, 0.717) is 35.7 Å². The van der Waals surface area contributed by atoms with Gasteiger partial charge in [-0.2, -0.15) is 4.98 Å². The lowest BCUT2D eigenvalue weighted by Gasteiger charge is -2.27. The lowest BCUT2D eigenvalue weighted by atomic mass is 9.92. The van der Waals surface area contributed by atoms with Gasteiger partial charge in [0.2, 0.25) is 11.9 Å². The summed E-state index contributed by atoms with van der Waals surface area (Å²) in [6.45, 7) is 0. The van der Waals surface area contributed by atoms with E-state index >= 15 is 0 Å². The number of hydrogen-bond donors (Lipinski definition) is 3. The fraction of sp³-hybridized carbons (Fsp3) is 0.522. The second kappa shape index (κ2) is 8.78. The maximum atomic E-state index is 14.3. The molecular weight excluding hydrogens is 393 g/mol. The topological polar surface area (TPSA) is 93.7 Å². The summed E-state index contributed by atoms with van der Waals surface area (Å²) in [7, 11) is 0. The molecule has 0 aliphatic heterocycles. The normalized spacial score (nSPS) is 22.5. The largest absolute Gasteiger partial charge is 0.351 e. The Labute approximate surface area is 181 Å². The first kappa shape index (κ1) is 20.2. The fourth-order valence-corrected chi connectivity index (χ4v) is 4.86. The molecule has 2 aliphatic rings. The quantitative estimate of drug-likeness (QED) is 0.541. The first-order valence-electron chi connectivity index (χ1n) is 11.5. The number of nitrogens with one attached hydrogen (secondary N) is 2. The van der Waals surface area contributed by atoms with Crippen LogP contribution in [-0.4, -0.2) is 31.6 Å². The van der Waals surface area contributed by atoms with Crippen molar-refractivity contribution in [2.45, 2.75) is 75.9 Å². The highest BCUT2D eigenvalue weighted by atomic mass is 19.1. The van der Waals surface area contributed by atoms with Crippen molar-refractivity contribution in [1.29, 1.82) is 0 Å². The summed E-state index contributed by atoms with van der Waals surface area (Å²) < 4.78 is 16.5. The van der Waals surface area contributed by atoms with Crippen molar-refractivity contribution in [3.8, 4) is 0 Å². The minimum atomic E-state index is -0.298. The molecule has 0 saturated heterocycles. The Morgan fingerprint density at radius 1 is 0.968 bits per heavy atom. The van der Waals surface area contributed by atoms with Crippen molar-refractivity contribution >= 4 is 28.7 Å². The van der Waals surface area contributed by atoms with Crippen molar-refractivity contribution < 1.29 is 4.39 Å². The zero-order chi connectivity index (χ0) is 21.2. The predicted molar refractivity (Wildman–Crippen MR) is 121 cm³/mol. The van der Waals surface area contributed by atoms with Gasteiger partial charge in [-0.25, -0.2) is 14.4 Å². The fourth-order valence-electron chi connectivity index (χ4n) is 4.86. The lowest BCUT2D eigenvalue weighted by molar-refractivity contribution is 0.361. The molecule has 4 N–H and O–H groups in total. The van der Waals surface area contributed by atoms with Gasteiger partial charge in [0.1, 0.15) is 11.3 Å². The van der Waals surface area contributed by atoms with E-state index in [0.717, 1.165) is 49.7 Å². The van der Waals surface area contributed by atoms with E-state index in [-0.39, 0.29) is 5.82 Å². The van der Waals surface area contributed by atoms with Gasteiger partial charge in [0.25, 0.3) is 0 Å². The molecule has 0 spiro atoms. The number of rotatable bonds is 5. The van der Waals surface area contributed by atoms with Crippen LogP contribution >= 0.6 is 0 Å². The van der Waals surface area contributed by atoms with Gasteiger partial charge in [0.15, 0.2) is 5.65 Å². The highest BCUT2D eigenvalue weighted by Gasteiger charge is 2.24. The third-order valence-corrected chi connectivity index (χ3v) is 6.60. The molecule has 7 nitrogen and oxygen atoms in total. The Morgan fingerprint density at radius 3 is 2.52 bits per heavy atom. The van der Waals surface area contributed by atoms with Crippen molar-refractivity contribution in [2.24, 2.45) is 5.73 Å². The number of fused-ring (bicyclic) bond motifs is 1. The summed E-state index contributed by atoms with van der Waals surface area (Å²) in [6.07, 6.45) is 11.7. The van der Waals surface area contributed by atoms with Crippen LogP contribution in [0.3, 0.4) is 0 Å². The molecule has 1 aromatic carbocycles. The molecular formula is C23H30FN7. The lowest BCUT2D eigenvalue weighted by Crippen LogP contribution is -2.33. The maximum Gasteiger partial charge on any atom is 0.224 e. The summed E-state index contributed by atoms with van der Waals surface area (Å²) in [5.41, 5.74) is 7.98. The molecule has 31 heavy (non-hydrogen) atoms. The summed E-state index contributed by atoms with van der Waals surface area (Å²) in [6, 6.07) is 7.63. The van der Waals surface area contributed by atoms with Crippen LogP contribution in [0.1, 0.15) is 63.8 Å². The molecule has 5 rings (SSSR count). The van der Waals surface area contributed by atoms with Crippen LogP contribution in [0.2, 0.25) is 0 Å². The van der Waals surface area contributed by atoms with Crippen LogP contribution in [0.4, 0.5) is 22.0 Å². The average Bonchev–Trinajstić information content (AvgIpc) is 3.15. The van der Waals surface area contributed by atoms with Gasteiger partial charge >= 0.3 is 0 Å². The first-order valence-corrected chi connectivity index (χ1v) is 11.5. The molecule has 2 aliphatic carbocycles. The van der Waals surface area contributed by atoms with Gasteiger partial charge in [-0.15, -0.1) is 0 Å². The minimum absolute atomic E-state index is 0.295. The monoisotopic (exact) mass is 423 g/mol. The third kappa shape index (κ3) is 4.35. The van der Waals surface area contributed by atoms with Crippen molar-refractivity contribution in [2.75, 3.05) is 10.6 Å². The molecule has 0 unspecified atom stereocenters. The SMILES string of the molecule is N[C@H]1CC[C@H](Nc2ncc3nc(Nc4ccccc4F)n(C4CCCCC4)c3n2)CC1. The summed E-state index contributed by atoms with van der Waals surface area (Å²) in [5.74, 6) is 0.957. The van der Waals surface area contributed by atoms with Crippen molar-refractivity contribution in [3.05, 3.63) is 36.3 Å². The summed E-state index contributed by atoms with van der Waals surface area (Å²) in [5, 5.41) is 6.70. The number of anilines is 3. The van der Waals surface area contributed by atoms with Crippen molar-refractivity contribution in [3.63, 3.8) is 0 Å². The zero-order valence-electron chi connectivity index (χ0n) is 17.7. The standard InChI is InChI=1S/C23H30FN7/c24-18-8-4-5-9-19(18)28-23-29-20-14-26-22(27-16-12-10-15(25)11-13-16)30-21(20)31(23)17-6-2-1-3-7-17/h4-5,8-9,14-17H,1-3,6-7,10-13,25H2,(H,28,29)(H,26,27,30)/t15-,16-. The molecule has 8 heteroatoms. The number of aromatic nitrogens is 4. The zero-order valence-corrected chi connectivity index (χ0v) is 17.7. The Kier molecular flexibility index (Phi) is 5.72. The number of nitrogens with zero attached hydrogens (tertiary/aromatic N) is 4. The van der Waals surface area contributed by atoms with E-state index in [1.54, 1.807) is 18.3 Å². The van der Waals surface area contributed by atoms with Gasteiger partial charge in [-0.1, -0.05) is 31.4 Å². The predicted octanol–water partition coefficient (Wildman–Crippen LogP) is 4.90. The number of hydrogen-bond acceptors (Lipinski definition) is 6. The van der Waals surface area contributed by atoms with Gasteiger partial charge in [-0.05, 0) is 50.7 Å². The molecule has 2 fully saturated rings. The Morgan fingerprint density at radius 2 is 1.74 bits per heavy atom. The van der Waals surface area contributed by atoms with Crippen LogP contribution in [0.15, 0.2) is 30.5 Å². The van der Waals surface area contributed by atoms with Gasteiger partial charge in [-0.3, -0.25) is 4.57 Å². The highest BCUT2D eigenvalue weighted by Crippen LogP contribution is 2.35. The second-order valence-corrected chi connectivity index (χ2v) is 8.86. The van der Waals surface area contributed by atoms with Gasteiger partial charge < -0.3 is 16.4 Å². The third-order valence-electron chi connectivity index (χ3n) is 6.60. The molecule has 0 bridgehead atoms. The number of nitrogens with two attached hydrogens (primary N) is 1. The number of benzene rings is 1. The van der Waals surface area contributed by atoms with E-state index in [1.165, 1.54) is 25.3 Å². The number of para-hydroxylation sites is 1. The van der Waals surface area contributed by atoms with Crippen LogP contribution in [0, 0.1) is 5.82 Å². The van der Waals surface area contributed by atoms with E-state index < -0.39 is 0 Å². The van der Waals surface area contributed by atoms with E-state index in [4.69, 9.17) is 15.7 Å². The van der Waals surface area contributed by atoms with E-state index in [2.05, 4.69) is 20.2 Å². The molecule has 164 valence electrons. The van der Waals surface area contributed by atoms with Crippen molar-refractivity contribution in [1.82, 2.24) is 19.5 Å². The number of halogens is 1. The average molecular weight is 424 g/mol. The van der Waals surface area contributed by atoms with Crippen LogP contribution in [-0.2, 0) is 0 Å².